The molecular weight excluding hydrogens is 206 g/mol. The minimum atomic E-state index is 0.702. The Bertz CT molecular complexity index is 152. The van der Waals surface area contributed by atoms with Gasteiger partial charge in [-0.05, 0) is 44.6 Å². The van der Waals surface area contributed by atoms with E-state index in [-0.39, 0.29) is 0 Å². The third-order valence-corrected chi connectivity index (χ3v) is 3.38. The maximum absolute atomic E-state index is 3.64. The first kappa shape index (κ1) is 17.0. The second-order valence-electron chi connectivity index (χ2n) is 6.42. The summed E-state index contributed by atoms with van der Waals surface area (Å²) in [5.74, 6) is 1.72. The molecule has 0 aliphatic carbocycles. The average molecular weight is 241 g/mol. The molecule has 1 heteroatoms. The highest BCUT2D eigenvalue weighted by Crippen LogP contribution is 2.09. The van der Waals surface area contributed by atoms with Crippen LogP contribution in [0.1, 0.15) is 79.6 Å². The van der Waals surface area contributed by atoms with Crippen LogP contribution >= 0.6 is 0 Å². The fraction of sp³-hybridized carbons (Fsp3) is 1.00. The van der Waals surface area contributed by atoms with Crippen molar-refractivity contribution in [3.8, 4) is 0 Å². The monoisotopic (exact) mass is 241 g/mol. The summed E-state index contributed by atoms with van der Waals surface area (Å²) in [5, 5.41) is 3.64. The lowest BCUT2D eigenvalue weighted by Gasteiger charge is -2.14. The van der Waals surface area contributed by atoms with Gasteiger partial charge in [0.25, 0.3) is 0 Å². The fourth-order valence-electron chi connectivity index (χ4n) is 2.06. The largest absolute Gasteiger partial charge is 0.314 e. The zero-order valence-corrected chi connectivity index (χ0v) is 12.9. The molecule has 0 bridgehead atoms. The minimum absolute atomic E-state index is 0.702. The van der Waals surface area contributed by atoms with E-state index in [1.807, 2.05) is 0 Å². The first-order valence-corrected chi connectivity index (χ1v) is 7.75. The van der Waals surface area contributed by atoms with E-state index in [9.17, 15) is 0 Å². The number of unbranched alkanes of at least 4 members (excludes halogenated alkanes) is 3. The maximum Gasteiger partial charge on any atom is 0.00388 e. The molecule has 0 aliphatic rings. The van der Waals surface area contributed by atoms with E-state index in [1.165, 1.54) is 51.5 Å². The minimum Gasteiger partial charge on any atom is -0.314 e. The van der Waals surface area contributed by atoms with Crippen LogP contribution in [0.5, 0.6) is 0 Å². The van der Waals surface area contributed by atoms with Gasteiger partial charge in [0.05, 0.1) is 0 Å². The second-order valence-corrected chi connectivity index (χ2v) is 6.42. The van der Waals surface area contributed by atoms with Crippen LogP contribution in [0.4, 0.5) is 0 Å². The van der Waals surface area contributed by atoms with E-state index in [0.717, 1.165) is 11.8 Å². The van der Waals surface area contributed by atoms with Gasteiger partial charge < -0.3 is 5.32 Å². The van der Waals surface area contributed by atoms with E-state index in [4.69, 9.17) is 0 Å². The molecule has 0 spiro atoms. The van der Waals surface area contributed by atoms with Gasteiger partial charge in [-0.15, -0.1) is 0 Å². The third kappa shape index (κ3) is 13.9. The molecule has 0 aromatic rings. The summed E-state index contributed by atoms with van der Waals surface area (Å²) in [5.41, 5.74) is 0. The normalized spacial score (nSPS) is 13.6. The summed E-state index contributed by atoms with van der Waals surface area (Å²) in [6.07, 6.45) is 9.66. The molecule has 0 fully saturated rings. The summed E-state index contributed by atoms with van der Waals surface area (Å²) in [7, 11) is 0. The fourth-order valence-corrected chi connectivity index (χ4v) is 2.06. The molecule has 0 radical (unpaired) electrons. The smallest absolute Gasteiger partial charge is 0.00388 e. The van der Waals surface area contributed by atoms with Gasteiger partial charge in [-0.1, -0.05) is 53.4 Å². The molecule has 17 heavy (non-hydrogen) atoms. The van der Waals surface area contributed by atoms with Crippen molar-refractivity contribution in [1.82, 2.24) is 5.32 Å². The van der Waals surface area contributed by atoms with E-state index in [2.05, 4.69) is 39.9 Å². The lowest BCUT2D eigenvalue weighted by molar-refractivity contribution is 0.440. The summed E-state index contributed by atoms with van der Waals surface area (Å²) in [6, 6.07) is 0.702. The van der Waals surface area contributed by atoms with E-state index < -0.39 is 0 Å². The molecular formula is C16H35N. The highest BCUT2D eigenvalue weighted by atomic mass is 14.9. The van der Waals surface area contributed by atoms with Gasteiger partial charge in [-0.2, -0.15) is 0 Å². The highest BCUT2D eigenvalue weighted by Gasteiger charge is 2.02. The molecule has 104 valence electrons. The van der Waals surface area contributed by atoms with Gasteiger partial charge in [0.2, 0.25) is 0 Å². The van der Waals surface area contributed by atoms with Crippen molar-refractivity contribution < 1.29 is 0 Å². The van der Waals surface area contributed by atoms with Crippen molar-refractivity contribution in [1.29, 1.82) is 0 Å². The Morgan fingerprint density at radius 2 is 1.24 bits per heavy atom. The standard InChI is InChI=1S/C16H35N/c1-14(2)10-8-6-7-9-13-17-16(5)12-11-15(3)4/h14-17H,6-13H2,1-5H3. The SMILES string of the molecule is CC(C)CCCCCCNC(C)CCC(C)C. The number of hydrogen-bond acceptors (Lipinski definition) is 1. The third-order valence-electron chi connectivity index (χ3n) is 3.38. The summed E-state index contributed by atoms with van der Waals surface area (Å²) >= 11 is 0. The zero-order valence-electron chi connectivity index (χ0n) is 12.9. The molecule has 0 aliphatic heterocycles. The highest BCUT2D eigenvalue weighted by molar-refractivity contribution is 4.62. The first-order valence-electron chi connectivity index (χ1n) is 7.75. The molecule has 1 unspecified atom stereocenters. The predicted octanol–water partition coefficient (Wildman–Crippen LogP) is 5.01. The molecule has 0 aromatic heterocycles. The Hall–Kier alpha value is -0.0400. The van der Waals surface area contributed by atoms with Crippen molar-refractivity contribution in [2.75, 3.05) is 6.54 Å². The zero-order chi connectivity index (χ0) is 13.1. The Kier molecular flexibility index (Phi) is 11.0. The van der Waals surface area contributed by atoms with Crippen LogP contribution in [-0.2, 0) is 0 Å². The lowest BCUT2D eigenvalue weighted by atomic mass is 10.0. The molecule has 1 nitrogen and oxygen atoms in total. The average Bonchev–Trinajstić information content (AvgIpc) is 2.24. The molecule has 0 saturated carbocycles. The first-order chi connectivity index (χ1) is 8.02. The lowest BCUT2D eigenvalue weighted by Crippen LogP contribution is -2.27. The maximum atomic E-state index is 3.64. The molecule has 0 aromatic carbocycles. The number of rotatable bonds is 11. The molecule has 1 atom stereocenters. The van der Waals surface area contributed by atoms with Gasteiger partial charge >= 0.3 is 0 Å². The van der Waals surface area contributed by atoms with Crippen LogP contribution in [-0.4, -0.2) is 12.6 Å². The van der Waals surface area contributed by atoms with Crippen LogP contribution in [0.15, 0.2) is 0 Å². The molecule has 0 rings (SSSR count). The van der Waals surface area contributed by atoms with E-state index >= 15 is 0 Å². The Balaban J connectivity index is 3.16. The summed E-state index contributed by atoms with van der Waals surface area (Å²) in [4.78, 5) is 0. The van der Waals surface area contributed by atoms with Crippen LogP contribution in [0.3, 0.4) is 0 Å². The van der Waals surface area contributed by atoms with Crippen LogP contribution < -0.4 is 5.32 Å². The van der Waals surface area contributed by atoms with Gasteiger partial charge in [-0.3, -0.25) is 0 Å². The van der Waals surface area contributed by atoms with Crippen molar-refractivity contribution >= 4 is 0 Å². The van der Waals surface area contributed by atoms with Crippen LogP contribution in [0, 0.1) is 11.8 Å². The van der Waals surface area contributed by atoms with Crippen LogP contribution in [0.25, 0.3) is 0 Å². The Morgan fingerprint density at radius 1 is 0.647 bits per heavy atom. The molecule has 0 heterocycles. The van der Waals surface area contributed by atoms with Gasteiger partial charge in [-0.25, -0.2) is 0 Å². The quantitative estimate of drug-likeness (QED) is 0.502. The molecule has 1 N–H and O–H groups in total. The van der Waals surface area contributed by atoms with Gasteiger partial charge in [0.1, 0.15) is 0 Å². The molecule has 0 saturated heterocycles. The number of hydrogen-bond donors (Lipinski definition) is 1. The van der Waals surface area contributed by atoms with E-state index in [1.54, 1.807) is 0 Å². The van der Waals surface area contributed by atoms with Crippen molar-refractivity contribution in [2.45, 2.75) is 85.6 Å². The van der Waals surface area contributed by atoms with Crippen molar-refractivity contribution in [2.24, 2.45) is 11.8 Å². The predicted molar refractivity (Wildman–Crippen MR) is 79.5 cm³/mol. The topological polar surface area (TPSA) is 12.0 Å². The van der Waals surface area contributed by atoms with Crippen LogP contribution in [0.2, 0.25) is 0 Å². The van der Waals surface area contributed by atoms with Crippen molar-refractivity contribution in [3.05, 3.63) is 0 Å². The number of nitrogens with one attached hydrogen (secondary N) is 1. The van der Waals surface area contributed by atoms with Gasteiger partial charge in [0.15, 0.2) is 0 Å². The molecule has 0 amide bonds. The Morgan fingerprint density at radius 3 is 1.82 bits per heavy atom. The van der Waals surface area contributed by atoms with Crippen molar-refractivity contribution in [3.63, 3.8) is 0 Å². The summed E-state index contributed by atoms with van der Waals surface area (Å²) < 4.78 is 0. The van der Waals surface area contributed by atoms with E-state index in [0.29, 0.717) is 6.04 Å². The summed E-state index contributed by atoms with van der Waals surface area (Å²) in [6.45, 7) is 12.8. The Labute approximate surface area is 110 Å². The van der Waals surface area contributed by atoms with Gasteiger partial charge in [0, 0.05) is 6.04 Å². The second kappa shape index (κ2) is 11.1.